The molecular weight excluding hydrogens is 276 g/mol. The van der Waals surface area contributed by atoms with E-state index >= 15 is 0 Å². The summed E-state index contributed by atoms with van der Waals surface area (Å²) >= 11 is 0. The van der Waals surface area contributed by atoms with Crippen molar-refractivity contribution >= 4 is 5.97 Å². The minimum Gasteiger partial charge on any atom is -0.480 e. The van der Waals surface area contributed by atoms with Gasteiger partial charge in [0.15, 0.2) is 0 Å². The van der Waals surface area contributed by atoms with Crippen LogP contribution in [-0.2, 0) is 11.3 Å². The minimum absolute atomic E-state index is 0.408. The highest BCUT2D eigenvalue weighted by atomic mass is 16.4. The van der Waals surface area contributed by atoms with Crippen LogP contribution in [0.5, 0.6) is 0 Å². The topological polar surface area (TPSA) is 52.6 Å². The second-order valence-electron chi connectivity index (χ2n) is 6.42. The molecule has 1 fully saturated rings. The molecule has 4 heteroatoms. The fraction of sp³-hybridized carbons (Fsp3) is 0.611. The molecule has 0 aromatic heterocycles. The fourth-order valence-corrected chi connectivity index (χ4v) is 3.41. The Kier molecular flexibility index (Phi) is 6.40. The van der Waals surface area contributed by atoms with Gasteiger partial charge >= 0.3 is 5.97 Å². The zero-order chi connectivity index (χ0) is 15.9. The van der Waals surface area contributed by atoms with Gasteiger partial charge in [-0.3, -0.25) is 9.69 Å². The summed E-state index contributed by atoms with van der Waals surface area (Å²) in [6, 6.07) is 8.24. The van der Waals surface area contributed by atoms with Crippen molar-refractivity contribution in [2.75, 3.05) is 19.6 Å². The predicted octanol–water partition coefficient (Wildman–Crippen LogP) is 2.66. The largest absolute Gasteiger partial charge is 0.480 e. The van der Waals surface area contributed by atoms with Crippen molar-refractivity contribution in [3.63, 3.8) is 0 Å². The number of rotatable bonds is 7. The minimum atomic E-state index is -0.724. The third-order valence-corrected chi connectivity index (χ3v) is 4.41. The number of aliphatic carboxylic acids is 1. The highest BCUT2D eigenvalue weighted by Gasteiger charge is 2.26. The maximum atomic E-state index is 11.3. The Bertz CT molecular complexity index is 490. The molecule has 1 aliphatic rings. The lowest BCUT2D eigenvalue weighted by atomic mass is 9.91. The Balaban J connectivity index is 1.89. The van der Waals surface area contributed by atoms with Crippen LogP contribution < -0.4 is 5.32 Å². The molecule has 0 amide bonds. The lowest BCUT2D eigenvalue weighted by molar-refractivity contribution is -0.140. The number of likely N-dealkylation sites (N-methyl/N-ethyl adjacent to an activating group) is 1. The van der Waals surface area contributed by atoms with Gasteiger partial charge in [0, 0.05) is 13.1 Å². The van der Waals surface area contributed by atoms with Gasteiger partial charge in [-0.1, -0.05) is 36.8 Å². The van der Waals surface area contributed by atoms with Crippen LogP contribution in [0.3, 0.4) is 0 Å². The van der Waals surface area contributed by atoms with Gasteiger partial charge in [0.2, 0.25) is 0 Å². The van der Waals surface area contributed by atoms with Crippen molar-refractivity contribution in [1.29, 1.82) is 0 Å². The predicted molar refractivity (Wildman–Crippen MR) is 88.9 cm³/mol. The monoisotopic (exact) mass is 304 g/mol. The number of hydrogen-bond donors (Lipinski definition) is 2. The van der Waals surface area contributed by atoms with E-state index in [1.165, 1.54) is 11.1 Å². The second kappa shape index (κ2) is 8.30. The molecule has 2 atom stereocenters. The Labute approximate surface area is 133 Å². The highest BCUT2D eigenvalue weighted by Crippen LogP contribution is 2.23. The molecule has 2 rings (SSSR count). The molecule has 1 heterocycles. The molecule has 0 bridgehead atoms. The van der Waals surface area contributed by atoms with Crippen LogP contribution in [0.1, 0.15) is 37.3 Å². The molecule has 2 unspecified atom stereocenters. The van der Waals surface area contributed by atoms with Gasteiger partial charge in [0.1, 0.15) is 6.04 Å². The first-order valence-corrected chi connectivity index (χ1v) is 8.32. The summed E-state index contributed by atoms with van der Waals surface area (Å²) in [4.78, 5) is 13.8. The smallest absolute Gasteiger partial charge is 0.320 e. The average Bonchev–Trinajstić information content (AvgIpc) is 2.47. The van der Waals surface area contributed by atoms with E-state index < -0.39 is 12.0 Å². The van der Waals surface area contributed by atoms with Gasteiger partial charge in [-0.25, -0.2) is 0 Å². The number of nitrogens with zero attached hydrogens (tertiary/aromatic N) is 1. The van der Waals surface area contributed by atoms with Crippen LogP contribution in [-0.4, -0.2) is 41.7 Å². The van der Waals surface area contributed by atoms with Crippen LogP contribution in [0.4, 0.5) is 0 Å². The van der Waals surface area contributed by atoms with Crippen LogP contribution in [0.15, 0.2) is 24.3 Å². The average molecular weight is 304 g/mol. The molecule has 1 aromatic rings. The molecule has 4 nitrogen and oxygen atoms in total. The molecular formula is C18H28N2O2. The van der Waals surface area contributed by atoms with E-state index in [9.17, 15) is 9.90 Å². The number of piperidine rings is 1. The maximum absolute atomic E-state index is 11.3. The standard InChI is InChI=1S/C18H28N2O2/c1-3-19-17(18(21)22)11-16-8-5-9-20(13-16)12-15-7-4-6-14(2)10-15/h4,6-7,10,16-17,19H,3,5,8-9,11-13H2,1-2H3,(H,21,22). The number of likely N-dealkylation sites (tertiary alicyclic amines) is 1. The van der Waals surface area contributed by atoms with Gasteiger partial charge in [0.05, 0.1) is 0 Å². The highest BCUT2D eigenvalue weighted by molar-refractivity contribution is 5.73. The number of carbonyl (C=O) groups is 1. The number of carboxylic acid groups (broad SMARTS) is 1. The first-order chi connectivity index (χ1) is 10.6. The van der Waals surface area contributed by atoms with Crippen LogP contribution in [0.25, 0.3) is 0 Å². The Morgan fingerprint density at radius 3 is 3.00 bits per heavy atom. The normalized spacial score (nSPS) is 20.7. The lowest BCUT2D eigenvalue weighted by Gasteiger charge is -2.34. The van der Waals surface area contributed by atoms with Crippen LogP contribution in [0.2, 0.25) is 0 Å². The Hall–Kier alpha value is -1.39. The van der Waals surface area contributed by atoms with Crippen molar-refractivity contribution < 1.29 is 9.90 Å². The third-order valence-electron chi connectivity index (χ3n) is 4.41. The quantitative estimate of drug-likeness (QED) is 0.813. The molecule has 0 saturated carbocycles. The van der Waals surface area contributed by atoms with E-state index in [-0.39, 0.29) is 0 Å². The summed E-state index contributed by atoms with van der Waals surface area (Å²) in [6.45, 7) is 7.87. The number of aryl methyl sites for hydroxylation is 1. The van der Waals surface area contributed by atoms with E-state index in [0.29, 0.717) is 12.5 Å². The number of benzene rings is 1. The summed E-state index contributed by atoms with van der Waals surface area (Å²) in [7, 11) is 0. The summed E-state index contributed by atoms with van der Waals surface area (Å²) in [5.41, 5.74) is 2.64. The fourth-order valence-electron chi connectivity index (χ4n) is 3.41. The first-order valence-electron chi connectivity index (χ1n) is 8.32. The lowest BCUT2D eigenvalue weighted by Crippen LogP contribution is -2.42. The van der Waals surface area contributed by atoms with E-state index in [1.807, 2.05) is 6.92 Å². The molecule has 0 aliphatic carbocycles. The zero-order valence-electron chi connectivity index (χ0n) is 13.7. The molecule has 1 saturated heterocycles. The van der Waals surface area contributed by atoms with Crippen LogP contribution in [0, 0.1) is 12.8 Å². The molecule has 1 aromatic carbocycles. The van der Waals surface area contributed by atoms with E-state index in [4.69, 9.17) is 0 Å². The summed E-state index contributed by atoms with van der Waals surface area (Å²) in [5, 5.41) is 12.4. The number of carboxylic acids is 1. The molecule has 2 N–H and O–H groups in total. The van der Waals surface area contributed by atoms with Crippen LogP contribution >= 0.6 is 0 Å². The van der Waals surface area contributed by atoms with E-state index in [0.717, 1.165) is 38.9 Å². The molecule has 1 aliphatic heterocycles. The third kappa shape index (κ3) is 5.11. The van der Waals surface area contributed by atoms with Crippen molar-refractivity contribution in [3.05, 3.63) is 35.4 Å². The number of hydrogen-bond acceptors (Lipinski definition) is 3. The molecule has 122 valence electrons. The molecule has 0 spiro atoms. The summed E-state index contributed by atoms with van der Waals surface area (Å²) < 4.78 is 0. The van der Waals surface area contributed by atoms with Gasteiger partial charge in [-0.15, -0.1) is 0 Å². The Morgan fingerprint density at radius 2 is 2.32 bits per heavy atom. The van der Waals surface area contributed by atoms with Crippen molar-refractivity contribution in [2.45, 2.75) is 45.7 Å². The number of nitrogens with one attached hydrogen (secondary N) is 1. The van der Waals surface area contributed by atoms with Gasteiger partial charge in [-0.05, 0) is 50.8 Å². The van der Waals surface area contributed by atoms with E-state index in [1.54, 1.807) is 0 Å². The second-order valence-corrected chi connectivity index (χ2v) is 6.42. The summed E-state index contributed by atoms with van der Waals surface area (Å²) in [5.74, 6) is -0.253. The van der Waals surface area contributed by atoms with Gasteiger partial charge in [-0.2, -0.15) is 0 Å². The Morgan fingerprint density at radius 1 is 1.50 bits per heavy atom. The van der Waals surface area contributed by atoms with Crippen molar-refractivity contribution in [2.24, 2.45) is 5.92 Å². The van der Waals surface area contributed by atoms with Crippen molar-refractivity contribution in [1.82, 2.24) is 10.2 Å². The SMILES string of the molecule is CCNC(CC1CCCN(Cc2cccc(C)c2)C1)C(=O)O. The van der Waals surface area contributed by atoms with Crippen molar-refractivity contribution in [3.8, 4) is 0 Å². The zero-order valence-corrected chi connectivity index (χ0v) is 13.7. The maximum Gasteiger partial charge on any atom is 0.320 e. The van der Waals surface area contributed by atoms with E-state index in [2.05, 4.69) is 41.4 Å². The molecule has 22 heavy (non-hydrogen) atoms. The molecule has 0 radical (unpaired) electrons. The first kappa shape index (κ1) is 17.0. The van der Waals surface area contributed by atoms with Gasteiger partial charge in [0.25, 0.3) is 0 Å². The van der Waals surface area contributed by atoms with Gasteiger partial charge < -0.3 is 10.4 Å². The summed E-state index contributed by atoms with van der Waals surface area (Å²) in [6.07, 6.45) is 3.03.